The Bertz CT molecular complexity index is 300. The van der Waals surface area contributed by atoms with Crippen LogP contribution in [0.25, 0.3) is 0 Å². The van der Waals surface area contributed by atoms with Crippen molar-refractivity contribution < 1.29 is 14.3 Å². The van der Waals surface area contributed by atoms with Gasteiger partial charge in [0, 0.05) is 5.75 Å². The van der Waals surface area contributed by atoms with Crippen LogP contribution in [-0.4, -0.2) is 29.4 Å². The number of aliphatic carboxylic acids is 1. The summed E-state index contributed by atoms with van der Waals surface area (Å²) in [4.78, 5) is 10.9. The summed E-state index contributed by atoms with van der Waals surface area (Å²) in [5, 5.41) is 12.0. The highest BCUT2D eigenvalue weighted by atomic mass is 32.2. The lowest BCUT2D eigenvalue weighted by Crippen LogP contribution is -2.39. The van der Waals surface area contributed by atoms with Crippen LogP contribution in [0.1, 0.15) is 19.1 Å². The molecular formula is C11H17NO3S. The number of nitrogens with one attached hydrogen (secondary N) is 1. The molecule has 1 aromatic heterocycles. The zero-order valence-corrected chi connectivity index (χ0v) is 10.1. The summed E-state index contributed by atoms with van der Waals surface area (Å²) in [6.45, 7) is 2.75. The van der Waals surface area contributed by atoms with E-state index < -0.39 is 12.0 Å². The first kappa shape index (κ1) is 13.1. The fourth-order valence-corrected chi connectivity index (χ4v) is 2.19. The summed E-state index contributed by atoms with van der Waals surface area (Å²) >= 11 is 1.56. The molecule has 0 radical (unpaired) electrons. The number of furan rings is 1. The van der Waals surface area contributed by atoms with Gasteiger partial charge in [0.05, 0.1) is 12.0 Å². The molecule has 0 spiro atoms. The van der Waals surface area contributed by atoms with Crippen LogP contribution < -0.4 is 5.32 Å². The van der Waals surface area contributed by atoms with Crippen molar-refractivity contribution in [1.29, 1.82) is 0 Å². The molecule has 2 N–H and O–H groups in total. The minimum Gasteiger partial charge on any atom is -0.480 e. The number of hydrogen-bond donors (Lipinski definition) is 2. The lowest BCUT2D eigenvalue weighted by atomic mass is 10.3. The molecule has 1 rings (SSSR count). The highest BCUT2D eigenvalue weighted by Crippen LogP contribution is 2.13. The third-order valence-corrected chi connectivity index (χ3v) is 3.11. The predicted molar refractivity (Wildman–Crippen MR) is 64.6 cm³/mol. The molecule has 90 valence electrons. The first-order valence-corrected chi connectivity index (χ1v) is 6.45. The number of thioether (sulfide) groups is 1. The summed E-state index contributed by atoms with van der Waals surface area (Å²) in [6, 6.07) is 3.25. The van der Waals surface area contributed by atoms with Crippen molar-refractivity contribution >= 4 is 17.7 Å². The van der Waals surface area contributed by atoms with Crippen molar-refractivity contribution in [2.24, 2.45) is 0 Å². The number of carbonyl (C=O) groups is 1. The zero-order valence-electron chi connectivity index (χ0n) is 9.31. The van der Waals surface area contributed by atoms with Crippen LogP contribution in [0.3, 0.4) is 0 Å². The normalized spacial score (nSPS) is 12.6. The van der Waals surface area contributed by atoms with E-state index >= 15 is 0 Å². The van der Waals surface area contributed by atoms with Gasteiger partial charge < -0.3 is 14.8 Å². The van der Waals surface area contributed by atoms with E-state index in [-0.39, 0.29) is 0 Å². The van der Waals surface area contributed by atoms with E-state index in [1.807, 2.05) is 19.1 Å². The maximum absolute atomic E-state index is 10.9. The predicted octanol–water partition coefficient (Wildman–Crippen LogP) is 1.97. The van der Waals surface area contributed by atoms with Gasteiger partial charge in [-0.2, -0.15) is 11.8 Å². The van der Waals surface area contributed by atoms with Gasteiger partial charge in [-0.05, 0) is 25.1 Å². The van der Waals surface area contributed by atoms with Gasteiger partial charge in [-0.3, -0.25) is 4.79 Å². The molecule has 0 saturated heterocycles. The second-order valence-electron chi connectivity index (χ2n) is 3.44. The summed E-state index contributed by atoms with van der Waals surface area (Å²) in [5.41, 5.74) is 0. The zero-order chi connectivity index (χ0) is 11.8. The average molecular weight is 243 g/mol. The van der Waals surface area contributed by atoms with Gasteiger partial charge in [0.25, 0.3) is 0 Å². The Morgan fingerprint density at radius 2 is 2.50 bits per heavy atom. The standard InChI is InChI=1S/C11H17NO3S/c1-2-5-12-10(11(13)14)8-16-7-9-4-3-6-15-9/h3-4,6,10,12H,2,5,7-8H2,1H3,(H,13,14). The molecule has 1 aromatic rings. The van der Waals surface area contributed by atoms with Gasteiger partial charge >= 0.3 is 5.97 Å². The fourth-order valence-electron chi connectivity index (χ4n) is 1.21. The van der Waals surface area contributed by atoms with Gasteiger partial charge in [0.1, 0.15) is 11.8 Å². The van der Waals surface area contributed by atoms with Gasteiger partial charge in [-0.1, -0.05) is 6.92 Å². The Kier molecular flexibility index (Phi) is 6.03. The van der Waals surface area contributed by atoms with Crippen LogP contribution in [0.4, 0.5) is 0 Å². The smallest absolute Gasteiger partial charge is 0.321 e. The van der Waals surface area contributed by atoms with Crippen LogP contribution in [0.2, 0.25) is 0 Å². The molecule has 16 heavy (non-hydrogen) atoms. The molecule has 0 saturated carbocycles. The largest absolute Gasteiger partial charge is 0.480 e. The molecule has 1 atom stereocenters. The van der Waals surface area contributed by atoms with E-state index in [2.05, 4.69) is 5.32 Å². The van der Waals surface area contributed by atoms with Gasteiger partial charge in [0.15, 0.2) is 0 Å². The van der Waals surface area contributed by atoms with E-state index in [1.165, 1.54) is 0 Å². The van der Waals surface area contributed by atoms with Gasteiger partial charge in [-0.15, -0.1) is 0 Å². The maximum atomic E-state index is 10.9. The Morgan fingerprint density at radius 3 is 3.06 bits per heavy atom. The molecule has 1 unspecified atom stereocenters. The highest BCUT2D eigenvalue weighted by molar-refractivity contribution is 7.98. The number of carboxylic acid groups (broad SMARTS) is 1. The quantitative estimate of drug-likeness (QED) is 0.731. The molecule has 0 aliphatic heterocycles. The number of hydrogen-bond acceptors (Lipinski definition) is 4. The van der Waals surface area contributed by atoms with E-state index in [4.69, 9.17) is 9.52 Å². The van der Waals surface area contributed by atoms with Crippen molar-refractivity contribution in [3.63, 3.8) is 0 Å². The second kappa shape index (κ2) is 7.35. The molecule has 5 heteroatoms. The minimum atomic E-state index is -0.791. The highest BCUT2D eigenvalue weighted by Gasteiger charge is 2.15. The van der Waals surface area contributed by atoms with E-state index in [0.717, 1.165) is 18.7 Å². The minimum absolute atomic E-state index is 0.472. The topological polar surface area (TPSA) is 62.5 Å². The SMILES string of the molecule is CCCNC(CSCc1ccco1)C(=O)O. The maximum Gasteiger partial charge on any atom is 0.321 e. The summed E-state index contributed by atoms with van der Waals surface area (Å²) in [7, 11) is 0. The second-order valence-corrected chi connectivity index (χ2v) is 4.47. The molecule has 4 nitrogen and oxygen atoms in total. The Hall–Kier alpha value is -0.940. The van der Waals surface area contributed by atoms with Crippen LogP contribution in [0, 0.1) is 0 Å². The molecule has 0 aliphatic rings. The van der Waals surface area contributed by atoms with Crippen LogP contribution in [0.15, 0.2) is 22.8 Å². The molecule has 0 aromatic carbocycles. The monoisotopic (exact) mass is 243 g/mol. The summed E-state index contributed by atoms with van der Waals surface area (Å²) in [5.74, 6) is 1.35. The average Bonchev–Trinajstić information content (AvgIpc) is 2.75. The van der Waals surface area contributed by atoms with Crippen LogP contribution in [-0.2, 0) is 10.5 Å². The Labute approximate surface area is 99.4 Å². The van der Waals surface area contributed by atoms with Crippen LogP contribution in [0.5, 0.6) is 0 Å². The summed E-state index contributed by atoms with van der Waals surface area (Å²) < 4.78 is 5.17. The van der Waals surface area contributed by atoms with Crippen molar-refractivity contribution in [2.45, 2.75) is 25.1 Å². The van der Waals surface area contributed by atoms with Crippen molar-refractivity contribution in [2.75, 3.05) is 12.3 Å². The van der Waals surface area contributed by atoms with Crippen molar-refractivity contribution in [1.82, 2.24) is 5.32 Å². The lowest BCUT2D eigenvalue weighted by Gasteiger charge is -2.12. The van der Waals surface area contributed by atoms with E-state index in [1.54, 1.807) is 18.0 Å². The van der Waals surface area contributed by atoms with E-state index in [9.17, 15) is 4.79 Å². The molecule has 0 bridgehead atoms. The third-order valence-electron chi connectivity index (χ3n) is 2.05. The Balaban J connectivity index is 2.24. The third kappa shape index (κ3) is 4.72. The van der Waals surface area contributed by atoms with Gasteiger partial charge in [0.2, 0.25) is 0 Å². The van der Waals surface area contributed by atoms with Crippen molar-refractivity contribution in [3.8, 4) is 0 Å². The first-order chi connectivity index (χ1) is 7.74. The molecule has 1 heterocycles. The lowest BCUT2D eigenvalue weighted by molar-refractivity contribution is -0.138. The van der Waals surface area contributed by atoms with E-state index in [0.29, 0.717) is 11.5 Å². The summed E-state index contributed by atoms with van der Waals surface area (Å²) in [6.07, 6.45) is 2.56. The van der Waals surface area contributed by atoms with Crippen LogP contribution >= 0.6 is 11.8 Å². The molecular weight excluding hydrogens is 226 g/mol. The molecule has 0 fully saturated rings. The first-order valence-electron chi connectivity index (χ1n) is 5.30. The van der Waals surface area contributed by atoms with Gasteiger partial charge in [-0.25, -0.2) is 0 Å². The number of rotatable bonds is 8. The molecule has 0 amide bonds. The Morgan fingerprint density at radius 1 is 1.69 bits per heavy atom. The molecule has 0 aliphatic carbocycles. The number of carboxylic acids is 1. The van der Waals surface area contributed by atoms with Crippen molar-refractivity contribution in [3.05, 3.63) is 24.2 Å². The fraction of sp³-hybridized carbons (Fsp3) is 0.545.